The Kier molecular flexibility index (Phi) is 8.43. The largest absolute Gasteiger partial charge is 0.396 e. The van der Waals surface area contributed by atoms with Gasteiger partial charge < -0.3 is 10.4 Å². The van der Waals surface area contributed by atoms with Gasteiger partial charge in [0.15, 0.2) is 0 Å². The van der Waals surface area contributed by atoms with Crippen LogP contribution in [-0.2, 0) is 19.4 Å². The number of benzene rings is 3. The minimum absolute atomic E-state index is 0.0231. The van der Waals surface area contributed by atoms with Gasteiger partial charge in [-0.1, -0.05) is 97.0 Å². The Labute approximate surface area is 193 Å². The summed E-state index contributed by atoms with van der Waals surface area (Å²) in [4.78, 5) is 12.6. The summed E-state index contributed by atoms with van der Waals surface area (Å²) in [5, 5.41) is 13.6. The quantitative estimate of drug-likeness (QED) is 0.431. The van der Waals surface area contributed by atoms with Crippen molar-refractivity contribution in [1.29, 1.82) is 0 Å². The summed E-state index contributed by atoms with van der Waals surface area (Å²) in [6.07, 6.45) is 2.82. The van der Waals surface area contributed by atoms with Crippen LogP contribution in [0.25, 0.3) is 0 Å². The van der Waals surface area contributed by atoms with Crippen molar-refractivity contribution in [1.82, 2.24) is 5.32 Å². The monoisotopic (exact) mass is 445 g/mol. The number of aliphatic hydroxyl groups is 1. The molecule has 0 heterocycles. The molecule has 0 aliphatic heterocycles. The van der Waals surface area contributed by atoms with Crippen LogP contribution in [0.5, 0.6) is 0 Å². The molecular weight excluding hydrogens is 410 g/mol. The molecule has 1 amide bonds. The summed E-state index contributed by atoms with van der Waals surface area (Å²) in [6.45, 7) is 7.64. The standard InChI is InChI=1S/C28H35NO2Si/c1-22-9-11-25(12-10-22)21-29-28(31)26-8-4-6-24(20-26)7-5-19-32(2,3)27-15-13-23(14-16-27)17-18-30/h4,6,8-16,20,30H,5,7,17-19,21H2,1-3H3,(H,29,31). The summed E-state index contributed by atoms with van der Waals surface area (Å²) in [5.74, 6) is -0.0231. The molecule has 0 unspecified atom stereocenters. The number of hydrogen-bond donors (Lipinski definition) is 2. The first-order valence-corrected chi connectivity index (χ1v) is 14.7. The summed E-state index contributed by atoms with van der Waals surface area (Å²) in [5.41, 5.74) is 5.47. The lowest BCUT2D eigenvalue weighted by molar-refractivity contribution is 0.0951. The first-order valence-electron chi connectivity index (χ1n) is 11.5. The Balaban J connectivity index is 1.52. The van der Waals surface area contributed by atoms with Crippen molar-refractivity contribution < 1.29 is 9.90 Å². The predicted molar refractivity (Wildman–Crippen MR) is 136 cm³/mol. The van der Waals surface area contributed by atoms with Crippen LogP contribution in [0.2, 0.25) is 19.1 Å². The molecule has 0 saturated heterocycles. The maximum atomic E-state index is 12.6. The van der Waals surface area contributed by atoms with E-state index in [-0.39, 0.29) is 12.5 Å². The third-order valence-corrected chi connectivity index (χ3v) is 9.67. The van der Waals surface area contributed by atoms with Crippen molar-refractivity contribution in [2.75, 3.05) is 6.61 Å². The van der Waals surface area contributed by atoms with Gasteiger partial charge in [-0.2, -0.15) is 0 Å². The summed E-state index contributed by atoms with van der Waals surface area (Å²) in [7, 11) is -1.51. The van der Waals surface area contributed by atoms with Gasteiger partial charge in [-0.3, -0.25) is 4.79 Å². The van der Waals surface area contributed by atoms with E-state index in [1.54, 1.807) is 0 Å². The van der Waals surface area contributed by atoms with Gasteiger partial charge in [-0.05, 0) is 48.6 Å². The second-order valence-corrected chi connectivity index (χ2v) is 14.1. The summed E-state index contributed by atoms with van der Waals surface area (Å²) >= 11 is 0. The van der Waals surface area contributed by atoms with E-state index < -0.39 is 8.07 Å². The number of aliphatic hydroxyl groups excluding tert-OH is 1. The lowest BCUT2D eigenvalue weighted by Gasteiger charge is -2.23. The van der Waals surface area contributed by atoms with Crippen LogP contribution in [0, 0.1) is 6.92 Å². The minimum Gasteiger partial charge on any atom is -0.396 e. The van der Waals surface area contributed by atoms with Crippen molar-refractivity contribution in [3.63, 3.8) is 0 Å². The Morgan fingerprint density at radius 2 is 1.56 bits per heavy atom. The molecule has 0 radical (unpaired) electrons. The van der Waals surface area contributed by atoms with Gasteiger partial charge >= 0.3 is 0 Å². The number of aryl methyl sites for hydroxylation is 2. The van der Waals surface area contributed by atoms with Crippen LogP contribution < -0.4 is 10.5 Å². The van der Waals surface area contributed by atoms with E-state index in [1.165, 1.54) is 27.9 Å². The summed E-state index contributed by atoms with van der Waals surface area (Å²) < 4.78 is 0. The smallest absolute Gasteiger partial charge is 0.251 e. The van der Waals surface area contributed by atoms with Crippen LogP contribution >= 0.6 is 0 Å². The topological polar surface area (TPSA) is 49.3 Å². The van der Waals surface area contributed by atoms with E-state index in [0.717, 1.165) is 30.4 Å². The number of hydrogen-bond acceptors (Lipinski definition) is 2. The van der Waals surface area contributed by atoms with Crippen molar-refractivity contribution in [3.05, 3.63) is 101 Å². The number of rotatable bonds is 10. The fourth-order valence-corrected chi connectivity index (χ4v) is 6.41. The average molecular weight is 446 g/mol. The molecule has 0 aromatic heterocycles. The van der Waals surface area contributed by atoms with Crippen molar-refractivity contribution in [3.8, 4) is 0 Å². The molecule has 4 heteroatoms. The molecule has 3 aromatic carbocycles. The van der Waals surface area contributed by atoms with E-state index in [1.807, 2.05) is 18.2 Å². The van der Waals surface area contributed by atoms with Crippen LogP contribution in [0.15, 0.2) is 72.8 Å². The highest BCUT2D eigenvalue weighted by Gasteiger charge is 2.22. The molecule has 168 valence electrons. The van der Waals surface area contributed by atoms with Gasteiger partial charge in [0.05, 0.1) is 8.07 Å². The summed E-state index contributed by atoms with van der Waals surface area (Å²) in [6, 6.07) is 26.3. The van der Waals surface area contributed by atoms with Gasteiger partial charge in [-0.25, -0.2) is 0 Å². The molecule has 0 bridgehead atoms. The fraction of sp³-hybridized carbons (Fsp3) is 0.321. The molecule has 0 aliphatic rings. The number of carbonyl (C=O) groups is 1. The third kappa shape index (κ3) is 6.91. The van der Waals surface area contributed by atoms with Crippen LogP contribution in [0.3, 0.4) is 0 Å². The lowest BCUT2D eigenvalue weighted by Crippen LogP contribution is -2.41. The zero-order chi connectivity index (χ0) is 23.0. The van der Waals surface area contributed by atoms with Crippen LogP contribution in [-0.4, -0.2) is 25.7 Å². The molecule has 3 aromatic rings. The Hall–Kier alpha value is -2.69. The second-order valence-electron chi connectivity index (χ2n) is 9.28. The highest BCUT2D eigenvalue weighted by Crippen LogP contribution is 2.17. The average Bonchev–Trinajstić information content (AvgIpc) is 2.79. The molecule has 32 heavy (non-hydrogen) atoms. The van der Waals surface area contributed by atoms with Gasteiger partial charge in [-0.15, -0.1) is 0 Å². The van der Waals surface area contributed by atoms with Gasteiger partial charge in [0.2, 0.25) is 0 Å². The molecule has 0 aliphatic carbocycles. The second kappa shape index (κ2) is 11.3. The number of carbonyl (C=O) groups excluding carboxylic acids is 1. The predicted octanol–water partition coefficient (Wildman–Crippen LogP) is 5.01. The molecule has 0 spiro atoms. The third-order valence-electron chi connectivity index (χ3n) is 6.17. The van der Waals surface area contributed by atoms with E-state index in [0.29, 0.717) is 6.54 Å². The number of nitrogens with one attached hydrogen (secondary N) is 1. The van der Waals surface area contributed by atoms with E-state index >= 15 is 0 Å². The highest BCUT2D eigenvalue weighted by atomic mass is 28.3. The van der Waals surface area contributed by atoms with Gasteiger partial charge in [0, 0.05) is 18.7 Å². The van der Waals surface area contributed by atoms with Crippen LogP contribution in [0.4, 0.5) is 0 Å². The molecule has 2 N–H and O–H groups in total. The molecular formula is C28H35NO2Si. The van der Waals surface area contributed by atoms with Crippen molar-refractivity contribution >= 4 is 19.2 Å². The lowest BCUT2D eigenvalue weighted by atomic mass is 10.1. The Morgan fingerprint density at radius 3 is 2.25 bits per heavy atom. The van der Waals surface area contributed by atoms with Gasteiger partial charge in [0.25, 0.3) is 5.91 Å². The van der Waals surface area contributed by atoms with E-state index in [4.69, 9.17) is 5.11 Å². The molecule has 0 saturated carbocycles. The molecule has 3 nitrogen and oxygen atoms in total. The zero-order valence-corrected chi connectivity index (χ0v) is 20.5. The molecule has 3 rings (SSSR count). The first-order chi connectivity index (χ1) is 15.4. The highest BCUT2D eigenvalue weighted by molar-refractivity contribution is 6.89. The molecule has 0 fully saturated rings. The van der Waals surface area contributed by atoms with Gasteiger partial charge in [0.1, 0.15) is 0 Å². The maximum absolute atomic E-state index is 12.6. The van der Waals surface area contributed by atoms with Crippen LogP contribution in [0.1, 0.15) is 39.0 Å². The minimum atomic E-state index is -1.51. The first kappa shape index (κ1) is 24.0. The normalized spacial score (nSPS) is 11.4. The molecule has 0 atom stereocenters. The maximum Gasteiger partial charge on any atom is 0.251 e. The van der Waals surface area contributed by atoms with E-state index in [9.17, 15) is 4.79 Å². The SMILES string of the molecule is Cc1ccc(CNC(=O)c2cccc(CCC[Si](C)(C)c3ccc(CCO)cc3)c2)cc1. The fourth-order valence-electron chi connectivity index (χ4n) is 3.99. The Bertz CT molecular complexity index is 1010. The van der Waals surface area contributed by atoms with Crippen molar-refractivity contribution in [2.24, 2.45) is 0 Å². The number of amides is 1. The zero-order valence-electron chi connectivity index (χ0n) is 19.5. The van der Waals surface area contributed by atoms with E-state index in [2.05, 4.69) is 79.9 Å². The van der Waals surface area contributed by atoms with Crippen molar-refractivity contribution in [2.45, 2.75) is 51.9 Å². The Morgan fingerprint density at radius 1 is 0.875 bits per heavy atom.